The van der Waals surface area contributed by atoms with Crippen LogP contribution in [0.1, 0.15) is 25.3 Å². The molecule has 0 amide bonds. The number of hydrogen-bond donors (Lipinski definition) is 2. The number of thiocarbonyl (C=S) groups is 1. The number of nitrogen functional groups attached to an aromatic ring is 1. The van der Waals surface area contributed by atoms with Gasteiger partial charge in [-0.25, -0.2) is 0 Å². The van der Waals surface area contributed by atoms with Gasteiger partial charge in [-0.3, -0.25) is 4.90 Å². The second kappa shape index (κ2) is 11.4. The van der Waals surface area contributed by atoms with E-state index in [1.54, 1.807) is 6.07 Å². The van der Waals surface area contributed by atoms with Gasteiger partial charge < -0.3 is 20.9 Å². The molecular formula is C26H33ClF3N5S. The van der Waals surface area contributed by atoms with Crippen LogP contribution in [-0.4, -0.2) is 66.6 Å². The highest BCUT2D eigenvalue weighted by atomic mass is 35.5. The van der Waals surface area contributed by atoms with Gasteiger partial charge in [-0.1, -0.05) is 30.7 Å². The maximum absolute atomic E-state index is 13.2. The molecule has 2 saturated heterocycles. The molecule has 2 aliphatic heterocycles. The summed E-state index contributed by atoms with van der Waals surface area (Å²) in [5, 5.41) is 4.00. The Morgan fingerprint density at radius 3 is 2.31 bits per heavy atom. The summed E-state index contributed by atoms with van der Waals surface area (Å²) >= 11 is 11.8. The lowest BCUT2D eigenvalue weighted by Gasteiger charge is -2.39. The third-order valence-electron chi connectivity index (χ3n) is 7.05. The Morgan fingerprint density at radius 1 is 1.06 bits per heavy atom. The number of nitrogens with two attached hydrogens (primary N) is 1. The largest absolute Gasteiger partial charge is 0.418 e. The summed E-state index contributed by atoms with van der Waals surface area (Å²) in [5.74, 6) is 0.262. The van der Waals surface area contributed by atoms with Crippen LogP contribution < -0.4 is 16.0 Å². The molecule has 2 fully saturated rings. The van der Waals surface area contributed by atoms with Crippen molar-refractivity contribution in [3.05, 3.63) is 53.1 Å². The van der Waals surface area contributed by atoms with Crippen molar-refractivity contribution in [1.82, 2.24) is 9.80 Å². The molecule has 1 atom stereocenters. The predicted molar refractivity (Wildman–Crippen MR) is 146 cm³/mol. The minimum Gasteiger partial charge on any atom is -0.398 e. The Morgan fingerprint density at radius 2 is 1.69 bits per heavy atom. The van der Waals surface area contributed by atoms with Crippen molar-refractivity contribution in [3.63, 3.8) is 0 Å². The number of piperazine rings is 1. The molecule has 0 saturated carbocycles. The van der Waals surface area contributed by atoms with E-state index in [4.69, 9.17) is 29.6 Å². The van der Waals surface area contributed by atoms with E-state index in [1.807, 2.05) is 12.1 Å². The van der Waals surface area contributed by atoms with Crippen molar-refractivity contribution in [3.8, 4) is 0 Å². The van der Waals surface area contributed by atoms with Gasteiger partial charge in [0, 0.05) is 79.9 Å². The molecule has 0 radical (unpaired) electrons. The van der Waals surface area contributed by atoms with Crippen LogP contribution >= 0.6 is 23.8 Å². The molecule has 3 N–H and O–H groups in total. The lowest BCUT2D eigenvalue weighted by atomic mass is 10.0. The molecular weight excluding hydrogens is 507 g/mol. The summed E-state index contributed by atoms with van der Waals surface area (Å²) < 4.78 is 39.5. The van der Waals surface area contributed by atoms with Gasteiger partial charge in [0.05, 0.1) is 10.6 Å². The highest BCUT2D eigenvalue weighted by Gasteiger charge is 2.33. The molecule has 0 aromatic heterocycles. The summed E-state index contributed by atoms with van der Waals surface area (Å²) in [5.41, 5.74) is 6.11. The van der Waals surface area contributed by atoms with Crippen LogP contribution in [0.4, 0.5) is 30.2 Å². The Labute approximate surface area is 221 Å². The number of nitrogens with one attached hydrogen (secondary N) is 1. The van der Waals surface area contributed by atoms with Crippen LogP contribution in [0.3, 0.4) is 0 Å². The average Bonchev–Trinajstić information content (AvgIpc) is 2.85. The van der Waals surface area contributed by atoms with Crippen molar-refractivity contribution < 1.29 is 13.2 Å². The van der Waals surface area contributed by atoms with Crippen LogP contribution in [0.2, 0.25) is 5.02 Å². The molecule has 2 aromatic rings. The molecule has 0 spiro atoms. The van der Waals surface area contributed by atoms with Gasteiger partial charge >= 0.3 is 6.18 Å². The van der Waals surface area contributed by atoms with E-state index in [9.17, 15) is 13.2 Å². The van der Waals surface area contributed by atoms with Crippen molar-refractivity contribution in [2.45, 2.75) is 32.0 Å². The summed E-state index contributed by atoms with van der Waals surface area (Å²) in [6.45, 7) is 8.63. The van der Waals surface area contributed by atoms with Gasteiger partial charge in [-0.15, -0.1) is 0 Å². The molecule has 196 valence electrons. The van der Waals surface area contributed by atoms with Crippen molar-refractivity contribution in [2.75, 3.05) is 61.8 Å². The maximum Gasteiger partial charge on any atom is 0.418 e. The van der Waals surface area contributed by atoms with Crippen molar-refractivity contribution >= 4 is 45.9 Å². The Hall–Kier alpha value is -2.23. The van der Waals surface area contributed by atoms with E-state index >= 15 is 0 Å². The summed E-state index contributed by atoms with van der Waals surface area (Å²) in [4.78, 5) is 8.08. The number of nitrogens with zero attached hydrogens (tertiary/aromatic N) is 3. The number of benzene rings is 2. The number of halogens is 4. The van der Waals surface area contributed by atoms with E-state index in [0.717, 1.165) is 74.7 Å². The lowest BCUT2D eigenvalue weighted by Crippen LogP contribution is -2.50. The number of hydrogen-bond acceptors (Lipinski definition) is 5. The molecule has 1 unspecified atom stereocenters. The number of rotatable bonds is 6. The van der Waals surface area contributed by atoms with Gasteiger partial charge in [0.2, 0.25) is 0 Å². The Balaban J connectivity index is 1.22. The lowest BCUT2D eigenvalue weighted by molar-refractivity contribution is -0.136. The molecule has 0 bridgehead atoms. The highest BCUT2D eigenvalue weighted by Crippen LogP contribution is 2.35. The minimum atomic E-state index is -4.46. The molecule has 2 aliphatic rings. The zero-order valence-corrected chi connectivity index (χ0v) is 22.0. The van der Waals surface area contributed by atoms with Gasteiger partial charge in [-0.05, 0) is 55.3 Å². The van der Waals surface area contributed by atoms with Crippen LogP contribution in [0.5, 0.6) is 0 Å². The van der Waals surface area contributed by atoms with Gasteiger partial charge in [0.1, 0.15) is 0 Å². The van der Waals surface area contributed by atoms with Crippen LogP contribution in [0, 0.1) is 5.92 Å². The van der Waals surface area contributed by atoms with Crippen LogP contribution in [0.15, 0.2) is 42.5 Å². The van der Waals surface area contributed by atoms with Gasteiger partial charge in [-0.2, -0.15) is 13.2 Å². The second-order valence-electron chi connectivity index (χ2n) is 9.71. The third kappa shape index (κ3) is 6.75. The molecule has 0 aliphatic carbocycles. The zero-order valence-electron chi connectivity index (χ0n) is 20.4. The average molecular weight is 540 g/mol. The maximum atomic E-state index is 13.2. The van der Waals surface area contributed by atoms with Crippen molar-refractivity contribution in [1.29, 1.82) is 0 Å². The summed E-state index contributed by atoms with van der Waals surface area (Å²) in [6, 6.07) is 12.1. The number of likely N-dealkylation sites (tertiary alicyclic amines) is 1. The first kappa shape index (κ1) is 26.8. The fourth-order valence-electron chi connectivity index (χ4n) is 4.99. The van der Waals surface area contributed by atoms with Crippen molar-refractivity contribution in [2.24, 2.45) is 5.92 Å². The summed E-state index contributed by atoms with van der Waals surface area (Å²) in [7, 11) is 0. The molecule has 4 rings (SSSR count). The molecule has 36 heavy (non-hydrogen) atoms. The zero-order chi connectivity index (χ0) is 25.9. The van der Waals surface area contributed by atoms with E-state index in [0.29, 0.717) is 5.69 Å². The van der Waals surface area contributed by atoms with Gasteiger partial charge in [0.25, 0.3) is 0 Å². The van der Waals surface area contributed by atoms with E-state index in [1.165, 1.54) is 11.8 Å². The summed E-state index contributed by atoms with van der Waals surface area (Å²) in [6.07, 6.45) is -2.83. The smallest absolute Gasteiger partial charge is 0.398 e. The number of piperidine rings is 1. The molecule has 2 heterocycles. The van der Waals surface area contributed by atoms with E-state index in [-0.39, 0.29) is 17.6 Å². The first-order chi connectivity index (χ1) is 17.1. The highest BCUT2D eigenvalue weighted by molar-refractivity contribution is 7.80. The Bertz CT molecular complexity index is 1030. The Kier molecular flexibility index (Phi) is 8.52. The quantitative estimate of drug-likeness (QED) is 0.368. The minimum absolute atomic E-state index is 0.102. The van der Waals surface area contributed by atoms with E-state index in [2.05, 4.69) is 39.1 Å². The number of alkyl halides is 3. The third-order valence-corrected chi connectivity index (χ3v) is 7.97. The molecule has 10 heteroatoms. The first-order valence-corrected chi connectivity index (χ1v) is 13.1. The fourth-order valence-corrected chi connectivity index (χ4v) is 5.37. The van der Waals surface area contributed by atoms with Crippen LogP contribution in [-0.2, 0) is 6.18 Å². The monoisotopic (exact) mass is 539 g/mol. The first-order valence-electron chi connectivity index (χ1n) is 12.3. The SMILES string of the molecule is CC(CN1CCN(c2ccc(Cl)cc2)CC1)C(=S)N1CCC(Nc2ccc(N)c(C(F)(F)F)c2)CC1. The molecule has 5 nitrogen and oxygen atoms in total. The molecule has 2 aromatic carbocycles. The van der Waals surface area contributed by atoms with E-state index < -0.39 is 11.7 Å². The number of anilines is 3. The van der Waals surface area contributed by atoms with Crippen LogP contribution in [0.25, 0.3) is 0 Å². The fraction of sp³-hybridized carbons (Fsp3) is 0.500. The standard InChI is InChI=1S/C26H33ClF3N5S/c1-18(17-33-12-14-34(15-13-33)22-5-2-19(27)3-6-22)25(36)35-10-8-20(9-11-35)32-21-4-7-24(31)23(16-21)26(28,29)30/h2-7,16,18,20,32H,8-15,17,31H2,1H3. The normalized spacial score (nSPS) is 18.8. The topological polar surface area (TPSA) is 47.8 Å². The second-order valence-corrected chi connectivity index (χ2v) is 10.6. The van der Waals surface area contributed by atoms with Gasteiger partial charge in [0.15, 0.2) is 0 Å². The predicted octanol–water partition coefficient (Wildman–Crippen LogP) is 5.60.